The largest absolute Gasteiger partial charge is 0.324 e. The van der Waals surface area contributed by atoms with Gasteiger partial charge in [-0.1, -0.05) is 18.6 Å². The lowest BCUT2D eigenvalue weighted by molar-refractivity contribution is 0.264. The van der Waals surface area contributed by atoms with E-state index in [9.17, 15) is 0 Å². The maximum atomic E-state index is 8.65. The maximum absolute atomic E-state index is 8.65. The van der Waals surface area contributed by atoms with Crippen molar-refractivity contribution in [3.8, 4) is 6.07 Å². The van der Waals surface area contributed by atoms with E-state index in [1.807, 2.05) is 24.3 Å². The number of nitrogens with two attached hydrogens (primary N) is 1. The third-order valence-electron chi connectivity index (χ3n) is 3.08. The van der Waals surface area contributed by atoms with Crippen LogP contribution in [-0.2, 0) is 0 Å². The van der Waals surface area contributed by atoms with Crippen molar-refractivity contribution < 1.29 is 0 Å². The SMILES string of the molecule is Cl.N#Cc1ccc([C@@H](N)C2CCC2)cc1. The summed E-state index contributed by atoms with van der Waals surface area (Å²) in [5.41, 5.74) is 7.97. The minimum atomic E-state index is 0. The minimum absolute atomic E-state index is 0. The second kappa shape index (κ2) is 5.16. The molecule has 1 aromatic carbocycles. The Balaban J connectivity index is 0.00000112. The van der Waals surface area contributed by atoms with Gasteiger partial charge in [0.25, 0.3) is 0 Å². The van der Waals surface area contributed by atoms with Crippen LogP contribution in [0.25, 0.3) is 0 Å². The van der Waals surface area contributed by atoms with Crippen molar-refractivity contribution in [3.63, 3.8) is 0 Å². The molecule has 1 saturated carbocycles. The van der Waals surface area contributed by atoms with Crippen LogP contribution in [0.15, 0.2) is 24.3 Å². The number of nitrogens with zero attached hydrogens (tertiary/aromatic N) is 1. The summed E-state index contributed by atoms with van der Waals surface area (Å²) >= 11 is 0. The zero-order valence-corrected chi connectivity index (χ0v) is 9.33. The molecule has 0 aliphatic heterocycles. The highest BCUT2D eigenvalue weighted by Crippen LogP contribution is 2.35. The first-order valence-corrected chi connectivity index (χ1v) is 5.07. The predicted molar refractivity (Wildman–Crippen MR) is 62.7 cm³/mol. The highest BCUT2D eigenvalue weighted by molar-refractivity contribution is 5.85. The summed E-state index contributed by atoms with van der Waals surface area (Å²) < 4.78 is 0. The minimum Gasteiger partial charge on any atom is -0.324 e. The maximum Gasteiger partial charge on any atom is 0.0991 e. The first kappa shape index (κ1) is 12.0. The van der Waals surface area contributed by atoms with Crippen molar-refractivity contribution >= 4 is 12.4 Å². The van der Waals surface area contributed by atoms with E-state index >= 15 is 0 Å². The van der Waals surface area contributed by atoms with E-state index in [0.29, 0.717) is 11.5 Å². The summed E-state index contributed by atoms with van der Waals surface area (Å²) in [4.78, 5) is 0. The van der Waals surface area contributed by atoms with Gasteiger partial charge in [0.15, 0.2) is 0 Å². The summed E-state index contributed by atoms with van der Waals surface area (Å²) in [7, 11) is 0. The van der Waals surface area contributed by atoms with Crippen LogP contribution in [0, 0.1) is 17.2 Å². The topological polar surface area (TPSA) is 49.8 Å². The molecule has 1 fully saturated rings. The number of halogens is 1. The Morgan fingerprint density at radius 1 is 1.27 bits per heavy atom. The molecular formula is C12H15ClN2. The number of rotatable bonds is 2. The van der Waals surface area contributed by atoms with Crippen molar-refractivity contribution in [2.45, 2.75) is 25.3 Å². The van der Waals surface area contributed by atoms with Gasteiger partial charge in [-0.3, -0.25) is 0 Å². The number of nitriles is 1. The Kier molecular flexibility index (Phi) is 4.14. The van der Waals surface area contributed by atoms with Crippen molar-refractivity contribution in [3.05, 3.63) is 35.4 Å². The van der Waals surface area contributed by atoms with E-state index in [1.165, 1.54) is 19.3 Å². The number of hydrogen-bond acceptors (Lipinski definition) is 2. The third kappa shape index (κ3) is 2.50. The molecule has 80 valence electrons. The van der Waals surface area contributed by atoms with Gasteiger partial charge in [0.05, 0.1) is 11.6 Å². The van der Waals surface area contributed by atoms with Gasteiger partial charge in [-0.05, 0) is 36.5 Å². The Bertz CT molecular complexity index is 349. The van der Waals surface area contributed by atoms with E-state index in [-0.39, 0.29) is 18.4 Å². The van der Waals surface area contributed by atoms with Gasteiger partial charge in [-0.2, -0.15) is 5.26 Å². The van der Waals surface area contributed by atoms with Crippen LogP contribution in [-0.4, -0.2) is 0 Å². The second-order valence-corrected chi connectivity index (χ2v) is 3.95. The fourth-order valence-electron chi connectivity index (χ4n) is 1.85. The van der Waals surface area contributed by atoms with Crippen LogP contribution in [0.3, 0.4) is 0 Å². The summed E-state index contributed by atoms with van der Waals surface area (Å²) in [6, 6.07) is 9.90. The van der Waals surface area contributed by atoms with Crippen molar-refractivity contribution in [1.82, 2.24) is 0 Å². The quantitative estimate of drug-likeness (QED) is 0.837. The van der Waals surface area contributed by atoms with Crippen LogP contribution < -0.4 is 5.73 Å². The highest BCUT2D eigenvalue weighted by Gasteiger charge is 2.25. The van der Waals surface area contributed by atoms with E-state index in [2.05, 4.69) is 6.07 Å². The molecule has 1 aromatic rings. The monoisotopic (exact) mass is 222 g/mol. The zero-order chi connectivity index (χ0) is 9.97. The number of benzene rings is 1. The normalized spacial score (nSPS) is 17.1. The summed E-state index contributed by atoms with van der Waals surface area (Å²) in [5.74, 6) is 0.655. The van der Waals surface area contributed by atoms with Crippen molar-refractivity contribution in [1.29, 1.82) is 5.26 Å². The molecule has 2 nitrogen and oxygen atoms in total. The van der Waals surface area contributed by atoms with Gasteiger partial charge in [0.2, 0.25) is 0 Å². The van der Waals surface area contributed by atoms with E-state index in [1.54, 1.807) is 0 Å². The lowest BCUT2D eigenvalue weighted by Gasteiger charge is -2.31. The fraction of sp³-hybridized carbons (Fsp3) is 0.417. The van der Waals surface area contributed by atoms with Crippen molar-refractivity contribution in [2.75, 3.05) is 0 Å². The van der Waals surface area contributed by atoms with Gasteiger partial charge in [-0.25, -0.2) is 0 Å². The summed E-state index contributed by atoms with van der Waals surface area (Å²) in [6.07, 6.45) is 3.82. The van der Waals surface area contributed by atoms with Gasteiger partial charge in [-0.15, -0.1) is 12.4 Å². The standard InChI is InChI=1S/C12H14N2.ClH/c13-8-9-4-6-11(7-5-9)12(14)10-2-1-3-10;/h4-7,10,12H,1-3,14H2;1H/t12-;/m0./s1. The molecule has 0 unspecified atom stereocenters. The smallest absolute Gasteiger partial charge is 0.0991 e. The molecule has 2 N–H and O–H groups in total. The van der Waals surface area contributed by atoms with E-state index < -0.39 is 0 Å². The Hall–Kier alpha value is -1.04. The van der Waals surface area contributed by atoms with Gasteiger partial charge < -0.3 is 5.73 Å². The number of hydrogen-bond donors (Lipinski definition) is 1. The van der Waals surface area contributed by atoms with Crippen LogP contribution in [0.2, 0.25) is 0 Å². The average molecular weight is 223 g/mol. The van der Waals surface area contributed by atoms with Crippen LogP contribution in [0.5, 0.6) is 0 Å². The van der Waals surface area contributed by atoms with Gasteiger partial charge in [0.1, 0.15) is 0 Å². The molecule has 0 spiro atoms. The third-order valence-corrected chi connectivity index (χ3v) is 3.08. The molecule has 0 amide bonds. The lowest BCUT2D eigenvalue weighted by atomic mass is 9.77. The van der Waals surface area contributed by atoms with Gasteiger partial charge >= 0.3 is 0 Å². The summed E-state index contributed by atoms with van der Waals surface area (Å²) in [5, 5.41) is 8.65. The Labute approximate surface area is 96.5 Å². The average Bonchev–Trinajstić information content (AvgIpc) is 2.15. The first-order valence-electron chi connectivity index (χ1n) is 5.07. The predicted octanol–water partition coefficient (Wildman–Crippen LogP) is 2.78. The lowest BCUT2D eigenvalue weighted by Crippen LogP contribution is -2.26. The Morgan fingerprint density at radius 3 is 2.27 bits per heavy atom. The van der Waals surface area contributed by atoms with Crippen LogP contribution >= 0.6 is 12.4 Å². The molecule has 1 atom stereocenters. The molecule has 0 aromatic heterocycles. The molecule has 2 rings (SSSR count). The van der Waals surface area contributed by atoms with Crippen molar-refractivity contribution in [2.24, 2.45) is 11.7 Å². The van der Waals surface area contributed by atoms with E-state index in [0.717, 1.165) is 5.56 Å². The molecule has 0 radical (unpaired) electrons. The molecule has 1 aliphatic carbocycles. The molecule has 1 aliphatic rings. The summed E-state index contributed by atoms with van der Waals surface area (Å²) in [6.45, 7) is 0. The Morgan fingerprint density at radius 2 is 1.87 bits per heavy atom. The highest BCUT2D eigenvalue weighted by atomic mass is 35.5. The van der Waals surface area contributed by atoms with Crippen LogP contribution in [0.1, 0.15) is 36.4 Å². The second-order valence-electron chi connectivity index (χ2n) is 3.95. The molecular weight excluding hydrogens is 208 g/mol. The zero-order valence-electron chi connectivity index (χ0n) is 8.52. The van der Waals surface area contributed by atoms with Gasteiger partial charge in [0, 0.05) is 6.04 Å². The molecule has 0 heterocycles. The molecule has 15 heavy (non-hydrogen) atoms. The fourth-order valence-corrected chi connectivity index (χ4v) is 1.85. The molecule has 0 bridgehead atoms. The van der Waals surface area contributed by atoms with Crippen LogP contribution in [0.4, 0.5) is 0 Å². The molecule has 3 heteroatoms. The van der Waals surface area contributed by atoms with E-state index in [4.69, 9.17) is 11.0 Å². The molecule has 0 saturated heterocycles. The first-order chi connectivity index (χ1) is 6.81.